The van der Waals surface area contributed by atoms with Crippen molar-refractivity contribution in [3.05, 3.63) is 80.2 Å². The van der Waals surface area contributed by atoms with Gasteiger partial charge in [0.15, 0.2) is 0 Å². The van der Waals surface area contributed by atoms with E-state index in [-0.39, 0.29) is 0 Å². The number of nitrogens with zero attached hydrogens (tertiary/aromatic N) is 1. The summed E-state index contributed by atoms with van der Waals surface area (Å²) in [5.74, 6) is 2.64. The van der Waals surface area contributed by atoms with Crippen LogP contribution in [0.25, 0.3) is 30.4 Å². The summed E-state index contributed by atoms with van der Waals surface area (Å²) < 4.78 is 6.66. The Bertz CT molecular complexity index is 1450. The average Bonchev–Trinajstić information content (AvgIpc) is 2.90. The number of H-pyrrole nitrogens is 1. The molecule has 0 spiro atoms. The molecule has 1 N–H and O–H groups in total. The summed E-state index contributed by atoms with van der Waals surface area (Å²) in [6.45, 7) is 8.71. The van der Waals surface area contributed by atoms with Crippen LogP contribution in [0.3, 0.4) is 0 Å². The van der Waals surface area contributed by atoms with E-state index >= 15 is 0 Å². The highest BCUT2D eigenvalue weighted by Gasteiger charge is 2.25. The number of rotatable bonds is 5. The summed E-state index contributed by atoms with van der Waals surface area (Å²) >= 11 is 0. The Morgan fingerprint density at radius 3 is 2.86 bits per heavy atom. The highest BCUT2D eigenvalue weighted by molar-refractivity contribution is 5.72. The Kier molecular flexibility index (Phi) is 6.17. The second-order valence-corrected chi connectivity index (χ2v) is 10.5. The van der Waals surface area contributed by atoms with Crippen LogP contribution >= 0.6 is 0 Å². The number of nitrogens with one attached hydrogen (secondary N) is 1. The topological polar surface area (TPSA) is 26.6 Å². The molecule has 3 heteroatoms. The van der Waals surface area contributed by atoms with Crippen molar-refractivity contribution >= 4 is 36.1 Å². The second kappa shape index (κ2) is 9.61. The molecule has 36 heavy (non-hydrogen) atoms. The normalized spacial score (nSPS) is 19.9. The Balaban J connectivity index is 1.42. The second-order valence-electron chi connectivity index (χ2n) is 10.5. The Morgan fingerprint density at radius 1 is 1.11 bits per heavy atom. The third-order valence-electron chi connectivity index (χ3n) is 8.08. The quantitative estimate of drug-likeness (QED) is 0.541. The van der Waals surface area contributed by atoms with Crippen LogP contribution in [0.5, 0.6) is 5.75 Å². The first-order valence-electron chi connectivity index (χ1n) is 13.8. The van der Waals surface area contributed by atoms with E-state index in [4.69, 9.17) is 4.74 Å². The summed E-state index contributed by atoms with van der Waals surface area (Å²) in [4.78, 5) is 6.09. The van der Waals surface area contributed by atoms with Crippen LogP contribution in [0.15, 0.2) is 47.3 Å². The molecule has 3 nitrogen and oxygen atoms in total. The summed E-state index contributed by atoms with van der Waals surface area (Å²) in [6.07, 6.45) is 23.1. The summed E-state index contributed by atoms with van der Waals surface area (Å²) in [5.41, 5.74) is 9.19. The molecule has 2 heterocycles. The van der Waals surface area contributed by atoms with Crippen LogP contribution in [0, 0.1) is 5.92 Å². The lowest BCUT2D eigenvalue weighted by molar-refractivity contribution is -0.400. The largest absolute Gasteiger partial charge is 0.456 e. The zero-order chi connectivity index (χ0) is 24.6. The third kappa shape index (κ3) is 4.15. The van der Waals surface area contributed by atoms with Crippen molar-refractivity contribution in [1.29, 1.82) is 0 Å². The third-order valence-corrected chi connectivity index (χ3v) is 8.08. The SMILES string of the molecule is CCN(CC)c1ccc2c(c1)OC1=C(/C=C/c3c4c([nH+]c5c3=CCC(C)C=5)C=CCC4)CCCC1=C2. The predicted molar refractivity (Wildman–Crippen MR) is 151 cm³/mol. The molecule has 1 atom stereocenters. The van der Waals surface area contributed by atoms with E-state index in [0.29, 0.717) is 5.92 Å². The molecule has 1 aromatic heterocycles. The van der Waals surface area contributed by atoms with E-state index in [0.717, 1.165) is 56.7 Å². The molecule has 6 rings (SSSR count). The molecule has 1 aliphatic heterocycles. The Morgan fingerprint density at radius 2 is 2.00 bits per heavy atom. The van der Waals surface area contributed by atoms with Crippen LogP contribution in [0.2, 0.25) is 0 Å². The number of hydrogen-bond acceptors (Lipinski definition) is 2. The lowest BCUT2D eigenvalue weighted by atomic mass is 9.88. The fourth-order valence-electron chi connectivity index (χ4n) is 6.11. The number of benzene rings is 1. The van der Waals surface area contributed by atoms with E-state index < -0.39 is 0 Å². The van der Waals surface area contributed by atoms with Gasteiger partial charge < -0.3 is 9.64 Å². The van der Waals surface area contributed by atoms with Gasteiger partial charge in [-0.15, -0.1) is 0 Å². The number of pyridine rings is 1. The van der Waals surface area contributed by atoms with E-state index in [1.807, 2.05) is 0 Å². The van der Waals surface area contributed by atoms with Crippen LogP contribution in [-0.2, 0) is 6.42 Å². The van der Waals surface area contributed by atoms with E-state index in [1.54, 1.807) is 0 Å². The van der Waals surface area contributed by atoms with Crippen molar-refractivity contribution in [3.8, 4) is 5.75 Å². The van der Waals surface area contributed by atoms with Crippen LogP contribution in [0.4, 0.5) is 5.69 Å². The van der Waals surface area contributed by atoms with Gasteiger partial charge >= 0.3 is 0 Å². The minimum atomic E-state index is 0.573. The maximum Gasteiger partial charge on any atom is 0.207 e. The van der Waals surface area contributed by atoms with Crippen LogP contribution < -0.4 is 25.2 Å². The standard InChI is InChI=1S/C33H36N2O/c1-4-35(5-2)26-16-14-24-20-25-10-8-9-23(33(25)36-32(24)21-26)15-18-27-28-11-6-7-12-30(28)34-31-19-22(3)13-17-29(27)31/h7,12,14-22H,4-6,8-11,13H2,1-3H3/p+1/b18-15+. The number of allylic oxidation sites excluding steroid dienone is 4. The lowest BCUT2D eigenvalue weighted by Crippen LogP contribution is -2.47. The van der Waals surface area contributed by atoms with Gasteiger partial charge in [0.2, 0.25) is 11.0 Å². The molecular weight excluding hydrogens is 440 g/mol. The van der Waals surface area contributed by atoms with Gasteiger partial charge in [-0.1, -0.05) is 31.2 Å². The van der Waals surface area contributed by atoms with Crippen molar-refractivity contribution < 1.29 is 9.72 Å². The molecule has 0 amide bonds. The maximum absolute atomic E-state index is 6.66. The summed E-state index contributed by atoms with van der Waals surface area (Å²) in [6, 6.07) is 6.67. The minimum absolute atomic E-state index is 0.573. The van der Waals surface area contributed by atoms with Gasteiger partial charge in [0.05, 0.1) is 0 Å². The molecular formula is C33H37N2O+. The zero-order valence-corrected chi connectivity index (χ0v) is 21.9. The highest BCUT2D eigenvalue weighted by atomic mass is 16.5. The monoisotopic (exact) mass is 477 g/mol. The molecule has 0 saturated heterocycles. The van der Waals surface area contributed by atoms with Crippen molar-refractivity contribution in [2.24, 2.45) is 5.92 Å². The highest BCUT2D eigenvalue weighted by Crippen LogP contribution is 2.41. The van der Waals surface area contributed by atoms with Crippen molar-refractivity contribution in [2.45, 2.75) is 59.3 Å². The van der Waals surface area contributed by atoms with Crippen molar-refractivity contribution in [3.63, 3.8) is 0 Å². The van der Waals surface area contributed by atoms with Gasteiger partial charge in [-0.25, -0.2) is 4.98 Å². The van der Waals surface area contributed by atoms with Gasteiger partial charge in [0, 0.05) is 47.3 Å². The molecule has 184 valence electrons. The van der Waals surface area contributed by atoms with Gasteiger partial charge in [0.1, 0.15) is 11.5 Å². The fourth-order valence-corrected chi connectivity index (χ4v) is 6.11. The number of aromatic nitrogens is 1. The molecule has 0 saturated carbocycles. The van der Waals surface area contributed by atoms with E-state index in [1.165, 1.54) is 56.2 Å². The summed E-state index contributed by atoms with van der Waals surface area (Å²) in [7, 11) is 0. The molecule has 0 fully saturated rings. The number of anilines is 1. The number of aromatic amines is 1. The van der Waals surface area contributed by atoms with Crippen molar-refractivity contribution in [1.82, 2.24) is 0 Å². The molecule has 2 aromatic rings. The maximum atomic E-state index is 6.66. The van der Waals surface area contributed by atoms with Gasteiger partial charge in [-0.05, 0) is 99.3 Å². The zero-order valence-electron chi connectivity index (χ0n) is 21.9. The van der Waals surface area contributed by atoms with Gasteiger partial charge in [0.25, 0.3) is 0 Å². The fraction of sp³-hybridized carbons (Fsp3) is 0.364. The predicted octanol–water partition coefficient (Wildman–Crippen LogP) is 5.83. The van der Waals surface area contributed by atoms with Gasteiger partial charge in [-0.2, -0.15) is 0 Å². The number of hydrogen-bond donors (Lipinski definition) is 0. The van der Waals surface area contributed by atoms with Crippen LogP contribution in [0.1, 0.15) is 75.3 Å². The molecule has 3 aliphatic carbocycles. The minimum Gasteiger partial charge on any atom is -0.456 e. The lowest BCUT2D eigenvalue weighted by Gasteiger charge is -2.28. The number of fused-ring (bicyclic) bond motifs is 4. The molecule has 1 aromatic carbocycles. The number of ether oxygens (including phenoxy) is 1. The average molecular weight is 478 g/mol. The smallest absolute Gasteiger partial charge is 0.207 e. The summed E-state index contributed by atoms with van der Waals surface area (Å²) in [5, 5.41) is 2.64. The van der Waals surface area contributed by atoms with E-state index in [2.05, 4.69) is 91.4 Å². The molecule has 0 bridgehead atoms. The van der Waals surface area contributed by atoms with Crippen molar-refractivity contribution in [2.75, 3.05) is 18.0 Å². The van der Waals surface area contributed by atoms with E-state index in [9.17, 15) is 0 Å². The Hall–Kier alpha value is -3.33. The molecule has 4 aliphatic rings. The molecule has 1 unspecified atom stereocenters. The Labute approximate surface area is 214 Å². The molecule has 0 radical (unpaired) electrons. The van der Waals surface area contributed by atoms with Crippen LogP contribution in [-0.4, -0.2) is 13.1 Å². The first-order chi connectivity index (χ1) is 17.6. The first-order valence-corrected chi connectivity index (χ1v) is 13.8. The first kappa shape index (κ1) is 23.1. The van der Waals surface area contributed by atoms with Gasteiger partial charge in [-0.3, -0.25) is 0 Å².